The van der Waals surface area contributed by atoms with Crippen molar-refractivity contribution in [3.63, 3.8) is 0 Å². The number of rotatable bonds is 8. The molecular formula is C26H24FN3O3S. The van der Waals surface area contributed by atoms with Crippen molar-refractivity contribution in [2.45, 2.75) is 37.3 Å². The second kappa shape index (κ2) is 10.5. The lowest BCUT2D eigenvalue weighted by Crippen LogP contribution is -2.19. The van der Waals surface area contributed by atoms with Gasteiger partial charge >= 0.3 is 0 Å². The summed E-state index contributed by atoms with van der Waals surface area (Å²) < 4.78 is 25.3. The lowest BCUT2D eigenvalue weighted by atomic mass is 10.1. The highest BCUT2D eigenvalue weighted by atomic mass is 32.2. The molecule has 0 saturated carbocycles. The molecule has 1 heterocycles. The summed E-state index contributed by atoms with van der Waals surface area (Å²) >= 11 is 1.14. The van der Waals surface area contributed by atoms with Gasteiger partial charge in [0.15, 0.2) is 17.7 Å². The van der Waals surface area contributed by atoms with E-state index >= 15 is 0 Å². The van der Waals surface area contributed by atoms with E-state index in [4.69, 9.17) is 9.15 Å². The number of amides is 1. The highest BCUT2D eigenvalue weighted by Crippen LogP contribution is 2.36. The van der Waals surface area contributed by atoms with Crippen molar-refractivity contribution < 1.29 is 18.3 Å². The summed E-state index contributed by atoms with van der Waals surface area (Å²) in [5, 5.41) is 10.7. The number of ether oxygens (including phenoxy) is 1. The van der Waals surface area contributed by atoms with Gasteiger partial charge in [-0.15, -0.1) is 10.2 Å². The number of aromatic nitrogens is 2. The van der Waals surface area contributed by atoms with E-state index in [0.717, 1.165) is 34.1 Å². The minimum Gasteiger partial charge on any atom is -0.478 e. The first kappa shape index (κ1) is 23.5. The summed E-state index contributed by atoms with van der Waals surface area (Å²) in [6, 6.07) is 21.4. The maximum Gasteiger partial charge on any atom is 0.277 e. The molecule has 1 aromatic heterocycles. The van der Waals surface area contributed by atoms with Gasteiger partial charge in [0.2, 0.25) is 5.91 Å². The molecule has 0 fully saturated rings. The zero-order valence-corrected chi connectivity index (χ0v) is 19.8. The van der Waals surface area contributed by atoms with Crippen LogP contribution in [0.5, 0.6) is 5.75 Å². The molecule has 2 atom stereocenters. The summed E-state index contributed by atoms with van der Waals surface area (Å²) in [5.41, 5.74) is 3.64. The fourth-order valence-electron chi connectivity index (χ4n) is 3.47. The molecule has 0 aliphatic heterocycles. The average Bonchev–Trinajstić information content (AvgIpc) is 3.28. The summed E-state index contributed by atoms with van der Waals surface area (Å²) in [7, 11) is 0. The minimum absolute atomic E-state index is 0.0948. The Balaban J connectivity index is 1.52. The van der Waals surface area contributed by atoms with Gasteiger partial charge in [0.05, 0.1) is 0 Å². The van der Waals surface area contributed by atoms with Crippen LogP contribution in [-0.2, 0) is 4.79 Å². The van der Waals surface area contributed by atoms with Crippen molar-refractivity contribution >= 4 is 23.4 Å². The second-order valence-electron chi connectivity index (χ2n) is 7.87. The molecule has 34 heavy (non-hydrogen) atoms. The van der Waals surface area contributed by atoms with Gasteiger partial charge in [-0.2, -0.15) is 0 Å². The van der Waals surface area contributed by atoms with Crippen molar-refractivity contribution in [3.8, 4) is 5.75 Å². The smallest absolute Gasteiger partial charge is 0.277 e. The molecule has 1 N–H and O–H groups in total. The third-order valence-electron chi connectivity index (χ3n) is 4.96. The van der Waals surface area contributed by atoms with E-state index in [1.165, 1.54) is 12.1 Å². The fraction of sp³-hybridized carbons (Fsp3) is 0.192. The first-order valence-electron chi connectivity index (χ1n) is 10.7. The quantitative estimate of drug-likeness (QED) is 0.294. The minimum atomic E-state index is -0.668. The number of carbonyl (C=O) groups is 1. The Labute approximate surface area is 201 Å². The molecule has 0 saturated heterocycles. The average molecular weight is 478 g/mol. The van der Waals surface area contributed by atoms with Crippen LogP contribution >= 0.6 is 11.8 Å². The molecule has 6 nitrogen and oxygen atoms in total. The van der Waals surface area contributed by atoms with Crippen molar-refractivity contribution in [1.82, 2.24) is 10.2 Å². The zero-order chi connectivity index (χ0) is 24.1. The van der Waals surface area contributed by atoms with E-state index in [2.05, 4.69) is 15.5 Å². The number of hydrogen-bond donors (Lipinski definition) is 1. The lowest BCUT2D eigenvalue weighted by Gasteiger charge is -2.16. The van der Waals surface area contributed by atoms with Gasteiger partial charge in [0, 0.05) is 5.69 Å². The normalized spacial score (nSPS) is 12.7. The number of nitrogens with one attached hydrogen (secondary N) is 1. The number of halogens is 1. The predicted molar refractivity (Wildman–Crippen MR) is 129 cm³/mol. The molecular weight excluding hydrogens is 453 g/mol. The second-order valence-corrected chi connectivity index (χ2v) is 8.93. The molecule has 3 aromatic carbocycles. The van der Waals surface area contributed by atoms with Gasteiger partial charge in [-0.05, 0) is 73.5 Å². The number of aryl methyl sites for hydroxylation is 2. The van der Waals surface area contributed by atoms with Crippen LogP contribution in [0.1, 0.15) is 40.9 Å². The lowest BCUT2D eigenvalue weighted by molar-refractivity contribution is -0.115. The Morgan fingerprint density at radius 3 is 2.38 bits per heavy atom. The van der Waals surface area contributed by atoms with Crippen molar-refractivity contribution in [1.29, 1.82) is 0 Å². The molecule has 1 amide bonds. The molecule has 0 unspecified atom stereocenters. The Bertz CT molecular complexity index is 1260. The summed E-state index contributed by atoms with van der Waals surface area (Å²) in [4.78, 5) is 13.3. The van der Waals surface area contributed by atoms with Crippen LogP contribution in [0.3, 0.4) is 0 Å². The Morgan fingerprint density at radius 1 is 1.00 bits per heavy atom. The van der Waals surface area contributed by atoms with Crippen LogP contribution in [0.4, 0.5) is 10.1 Å². The molecule has 0 aliphatic rings. The number of carbonyl (C=O) groups excluding carboxylic acids is 1. The molecule has 8 heteroatoms. The van der Waals surface area contributed by atoms with Crippen LogP contribution in [-0.4, -0.2) is 16.1 Å². The summed E-state index contributed by atoms with van der Waals surface area (Å²) in [6.45, 7) is 5.66. The van der Waals surface area contributed by atoms with Crippen molar-refractivity contribution in [2.75, 3.05) is 5.32 Å². The largest absolute Gasteiger partial charge is 0.478 e. The molecule has 0 aliphatic carbocycles. The topological polar surface area (TPSA) is 77.2 Å². The number of anilines is 1. The van der Waals surface area contributed by atoms with Crippen LogP contribution < -0.4 is 10.1 Å². The highest BCUT2D eigenvalue weighted by molar-refractivity contribution is 8.00. The summed E-state index contributed by atoms with van der Waals surface area (Å²) in [6.07, 6.45) is -0.668. The van der Waals surface area contributed by atoms with Crippen LogP contribution in [0.2, 0.25) is 0 Å². The fourth-order valence-corrected chi connectivity index (χ4v) is 4.35. The van der Waals surface area contributed by atoms with Gasteiger partial charge < -0.3 is 14.5 Å². The Morgan fingerprint density at radius 2 is 1.68 bits per heavy atom. The van der Waals surface area contributed by atoms with Crippen LogP contribution in [0.15, 0.2) is 82.4 Å². The van der Waals surface area contributed by atoms with Crippen LogP contribution in [0.25, 0.3) is 0 Å². The molecule has 0 bridgehead atoms. The SMILES string of the molecule is Cc1cc(C)cc(NC(=O)[C@H](Sc2nnc([C@H](C)Oc3ccccc3F)o2)c2ccccc2)c1. The van der Waals surface area contributed by atoms with E-state index in [0.29, 0.717) is 0 Å². The number of thioether (sulfide) groups is 1. The standard InChI is InChI=1S/C26H24FN3O3S/c1-16-13-17(2)15-20(14-16)28-24(31)23(19-9-5-4-6-10-19)34-26-30-29-25(33-26)18(3)32-22-12-8-7-11-21(22)27/h4-15,18,23H,1-3H3,(H,28,31)/t18-,23+/m0/s1. The van der Waals surface area contributed by atoms with E-state index < -0.39 is 17.2 Å². The van der Waals surface area contributed by atoms with E-state index in [1.807, 2.05) is 62.4 Å². The van der Waals surface area contributed by atoms with E-state index in [9.17, 15) is 9.18 Å². The number of benzene rings is 3. The van der Waals surface area contributed by atoms with E-state index in [-0.39, 0.29) is 22.8 Å². The Kier molecular flexibility index (Phi) is 7.27. The van der Waals surface area contributed by atoms with Crippen molar-refractivity contribution in [2.24, 2.45) is 0 Å². The van der Waals surface area contributed by atoms with Gasteiger partial charge in [0.25, 0.3) is 11.1 Å². The molecule has 0 spiro atoms. The number of hydrogen-bond acceptors (Lipinski definition) is 6. The number of nitrogens with zero attached hydrogens (tertiary/aromatic N) is 2. The van der Waals surface area contributed by atoms with Gasteiger partial charge in [-0.3, -0.25) is 4.79 Å². The highest BCUT2D eigenvalue weighted by Gasteiger charge is 2.26. The number of para-hydroxylation sites is 1. The Hall–Kier alpha value is -3.65. The molecule has 4 aromatic rings. The third kappa shape index (κ3) is 5.82. The third-order valence-corrected chi connectivity index (χ3v) is 6.05. The van der Waals surface area contributed by atoms with Crippen molar-refractivity contribution in [3.05, 3.63) is 101 Å². The van der Waals surface area contributed by atoms with Gasteiger partial charge in [-0.25, -0.2) is 4.39 Å². The molecule has 4 rings (SSSR count). The first-order chi connectivity index (χ1) is 16.4. The molecule has 0 radical (unpaired) electrons. The van der Waals surface area contributed by atoms with Crippen LogP contribution in [0, 0.1) is 19.7 Å². The molecule has 174 valence electrons. The maximum atomic E-state index is 13.9. The van der Waals surface area contributed by atoms with Gasteiger partial charge in [-0.1, -0.05) is 48.5 Å². The monoisotopic (exact) mass is 477 g/mol. The predicted octanol–water partition coefficient (Wildman–Crippen LogP) is 6.44. The zero-order valence-electron chi connectivity index (χ0n) is 19.0. The summed E-state index contributed by atoms with van der Waals surface area (Å²) in [5.74, 6) is -0.406. The first-order valence-corrected chi connectivity index (χ1v) is 11.6. The maximum absolute atomic E-state index is 13.9. The van der Waals surface area contributed by atoms with Gasteiger partial charge in [0.1, 0.15) is 5.25 Å². The van der Waals surface area contributed by atoms with E-state index in [1.54, 1.807) is 19.1 Å².